The Balaban J connectivity index is 1.45. The van der Waals surface area contributed by atoms with Crippen molar-refractivity contribution >= 4 is 5.69 Å². The molecule has 0 bridgehead atoms. The topological polar surface area (TPSA) is 27.7 Å². The Hall–Kier alpha value is -1.17. The number of hydroxylamine groups is 2. The lowest BCUT2D eigenvalue weighted by atomic mass is 10.2. The molecule has 0 saturated carbocycles. The zero-order chi connectivity index (χ0) is 17.7. The molecule has 0 amide bonds. The molecule has 2 rings (SSSR count). The van der Waals surface area contributed by atoms with Crippen molar-refractivity contribution in [3.8, 4) is 0 Å². The third-order valence-corrected chi connectivity index (χ3v) is 4.66. The third kappa shape index (κ3) is 8.17. The normalized spacial score (nSPS) is 15.7. The predicted octanol–water partition coefficient (Wildman–Crippen LogP) is 3.83. The summed E-state index contributed by atoms with van der Waals surface area (Å²) in [6.07, 6.45) is 7.48. The van der Waals surface area contributed by atoms with Crippen LogP contribution in [0.15, 0.2) is 24.3 Å². The summed E-state index contributed by atoms with van der Waals surface area (Å²) < 4.78 is 13.0. The largest absolute Gasteiger partial charge is 0.369 e. The molecule has 0 spiro atoms. The number of piperazine rings is 1. The van der Waals surface area contributed by atoms with Gasteiger partial charge in [0.15, 0.2) is 0 Å². The van der Waals surface area contributed by atoms with Crippen molar-refractivity contribution in [3.63, 3.8) is 0 Å². The molecule has 5 heteroatoms. The van der Waals surface area contributed by atoms with Crippen LogP contribution >= 0.6 is 0 Å². The first-order valence-corrected chi connectivity index (χ1v) is 9.88. The Morgan fingerprint density at radius 1 is 0.920 bits per heavy atom. The first-order valence-electron chi connectivity index (χ1n) is 9.88. The second kappa shape index (κ2) is 12.2. The molecule has 1 heterocycles. The molecule has 0 aliphatic carbocycles. The van der Waals surface area contributed by atoms with Crippen LogP contribution in [0.25, 0.3) is 0 Å². The molecule has 0 aromatic heterocycles. The van der Waals surface area contributed by atoms with E-state index >= 15 is 0 Å². The van der Waals surface area contributed by atoms with Crippen LogP contribution in [0.1, 0.15) is 45.4 Å². The van der Waals surface area contributed by atoms with Crippen LogP contribution in [0.4, 0.5) is 10.1 Å². The molecule has 0 unspecified atom stereocenters. The highest BCUT2D eigenvalue weighted by Crippen LogP contribution is 2.17. The summed E-state index contributed by atoms with van der Waals surface area (Å²) in [6.45, 7) is 8.98. The summed E-state index contributed by atoms with van der Waals surface area (Å²) in [5, 5.41) is 5.58. The highest BCUT2D eigenvalue weighted by atomic mass is 19.1. The summed E-state index contributed by atoms with van der Waals surface area (Å²) in [5.74, 6) is -0.179. The lowest BCUT2D eigenvalue weighted by Crippen LogP contribution is -2.46. The van der Waals surface area contributed by atoms with Gasteiger partial charge in [-0.3, -0.25) is 4.84 Å². The maximum Gasteiger partial charge on any atom is 0.123 e. The van der Waals surface area contributed by atoms with Gasteiger partial charge in [-0.15, -0.1) is 0 Å². The minimum absolute atomic E-state index is 0.179. The van der Waals surface area contributed by atoms with Gasteiger partial charge in [-0.05, 0) is 63.0 Å². The highest BCUT2D eigenvalue weighted by Gasteiger charge is 2.17. The van der Waals surface area contributed by atoms with Crippen LogP contribution in [0.3, 0.4) is 0 Å². The number of nitrogens with one attached hydrogen (secondary N) is 1. The van der Waals surface area contributed by atoms with Crippen molar-refractivity contribution in [2.75, 3.05) is 50.8 Å². The van der Waals surface area contributed by atoms with E-state index in [9.17, 15) is 4.39 Å². The van der Waals surface area contributed by atoms with Gasteiger partial charge >= 0.3 is 0 Å². The van der Waals surface area contributed by atoms with E-state index in [0.717, 1.165) is 58.0 Å². The SMILES string of the molecule is CCCCCNCCCCCON1CCN(c2ccc(F)cc2)CC1. The molecule has 1 aliphatic heterocycles. The number of hydrogen-bond donors (Lipinski definition) is 1. The van der Waals surface area contributed by atoms with Gasteiger partial charge in [-0.25, -0.2) is 4.39 Å². The molecule has 0 radical (unpaired) electrons. The monoisotopic (exact) mass is 351 g/mol. The fraction of sp³-hybridized carbons (Fsp3) is 0.700. The van der Waals surface area contributed by atoms with Crippen molar-refractivity contribution in [1.82, 2.24) is 10.4 Å². The lowest BCUT2D eigenvalue weighted by Gasteiger charge is -2.35. The van der Waals surface area contributed by atoms with E-state index < -0.39 is 0 Å². The molecular weight excluding hydrogens is 317 g/mol. The average molecular weight is 352 g/mol. The number of hydrogen-bond acceptors (Lipinski definition) is 4. The second-order valence-corrected chi connectivity index (χ2v) is 6.74. The number of anilines is 1. The van der Waals surface area contributed by atoms with Gasteiger partial charge in [0.2, 0.25) is 0 Å². The molecule has 4 nitrogen and oxygen atoms in total. The van der Waals surface area contributed by atoms with Gasteiger partial charge in [0.1, 0.15) is 5.82 Å². The molecule has 1 fully saturated rings. The Labute approximate surface area is 152 Å². The molecule has 1 aromatic rings. The van der Waals surface area contributed by atoms with E-state index in [1.165, 1.54) is 44.2 Å². The summed E-state index contributed by atoms with van der Waals surface area (Å²) >= 11 is 0. The Bertz CT molecular complexity index is 447. The summed E-state index contributed by atoms with van der Waals surface area (Å²) in [7, 11) is 0. The lowest BCUT2D eigenvalue weighted by molar-refractivity contribution is -0.162. The van der Waals surface area contributed by atoms with Gasteiger partial charge in [-0.2, -0.15) is 5.06 Å². The van der Waals surface area contributed by atoms with Crippen molar-refractivity contribution in [2.45, 2.75) is 45.4 Å². The van der Waals surface area contributed by atoms with E-state index in [1.807, 2.05) is 12.1 Å². The van der Waals surface area contributed by atoms with Crippen molar-refractivity contribution in [3.05, 3.63) is 30.1 Å². The molecule has 1 saturated heterocycles. The molecule has 25 heavy (non-hydrogen) atoms. The fourth-order valence-corrected chi connectivity index (χ4v) is 3.07. The Kier molecular flexibility index (Phi) is 9.85. The molecule has 1 N–H and O–H groups in total. The quantitative estimate of drug-likeness (QED) is 0.579. The Morgan fingerprint density at radius 3 is 2.28 bits per heavy atom. The van der Waals surface area contributed by atoms with E-state index in [-0.39, 0.29) is 5.82 Å². The first-order chi connectivity index (χ1) is 12.3. The highest BCUT2D eigenvalue weighted by molar-refractivity contribution is 5.46. The fourth-order valence-electron chi connectivity index (χ4n) is 3.07. The van der Waals surface area contributed by atoms with Crippen LogP contribution in [0.5, 0.6) is 0 Å². The third-order valence-electron chi connectivity index (χ3n) is 4.66. The van der Waals surface area contributed by atoms with Gasteiger partial charge in [0.25, 0.3) is 0 Å². The predicted molar refractivity (Wildman–Crippen MR) is 102 cm³/mol. The smallest absolute Gasteiger partial charge is 0.123 e. The number of benzene rings is 1. The zero-order valence-corrected chi connectivity index (χ0v) is 15.7. The Morgan fingerprint density at radius 2 is 1.60 bits per heavy atom. The zero-order valence-electron chi connectivity index (χ0n) is 15.7. The minimum Gasteiger partial charge on any atom is -0.369 e. The van der Waals surface area contributed by atoms with Crippen LogP contribution in [0, 0.1) is 5.82 Å². The number of rotatable bonds is 12. The van der Waals surface area contributed by atoms with E-state index in [2.05, 4.69) is 22.2 Å². The van der Waals surface area contributed by atoms with E-state index in [0.29, 0.717) is 0 Å². The van der Waals surface area contributed by atoms with E-state index in [4.69, 9.17) is 4.84 Å². The van der Waals surface area contributed by atoms with Gasteiger partial charge < -0.3 is 10.2 Å². The van der Waals surface area contributed by atoms with Crippen LogP contribution in [0.2, 0.25) is 0 Å². The summed E-state index contributed by atoms with van der Waals surface area (Å²) in [5.41, 5.74) is 1.09. The average Bonchev–Trinajstić information content (AvgIpc) is 2.64. The maximum atomic E-state index is 13.0. The first kappa shape index (κ1) is 20.1. The van der Waals surface area contributed by atoms with Gasteiger partial charge in [0.05, 0.1) is 6.61 Å². The summed E-state index contributed by atoms with van der Waals surface area (Å²) in [6, 6.07) is 6.75. The van der Waals surface area contributed by atoms with Crippen LogP contribution in [-0.4, -0.2) is 50.9 Å². The second-order valence-electron chi connectivity index (χ2n) is 6.74. The van der Waals surface area contributed by atoms with Crippen molar-refractivity contribution in [2.24, 2.45) is 0 Å². The number of halogens is 1. The summed E-state index contributed by atoms with van der Waals surface area (Å²) in [4.78, 5) is 8.15. The standard InChI is InChI=1S/C20H34FN3O/c1-2-3-5-12-22-13-6-4-7-18-25-24-16-14-23(15-17-24)20-10-8-19(21)9-11-20/h8-11,22H,2-7,12-18H2,1H3. The van der Waals surface area contributed by atoms with Crippen molar-refractivity contribution in [1.29, 1.82) is 0 Å². The van der Waals surface area contributed by atoms with Crippen molar-refractivity contribution < 1.29 is 9.23 Å². The maximum absolute atomic E-state index is 13.0. The molecule has 1 aliphatic rings. The molecule has 0 atom stereocenters. The minimum atomic E-state index is -0.179. The number of unbranched alkanes of at least 4 members (excludes halogenated alkanes) is 4. The molecule has 1 aromatic carbocycles. The molecular formula is C20H34FN3O. The van der Waals surface area contributed by atoms with Gasteiger partial charge in [-0.1, -0.05) is 19.8 Å². The number of nitrogens with zero attached hydrogens (tertiary/aromatic N) is 2. The van der Waals surface area contributed by atoms with Crippen LogP contribution in [-0.2, 0) is 4.84 Å². The molecule has 142 valence electrons. The van der Waals surface area contributed by atoms with Gasteiger partial charge in [0, 0.05) is 31.9 Å². The van der Waals surface area contributed by atoms with E-state index in [1.54, 1.807) is 0 Å². The van der Waals surface area contributed by atoms with Crippen LogP contribution < -0.4 is 10.2 Å².